The van der Waals surface area contributed by atoms with Crippen molar-refractivity contribution < 1.29 is 19.1 Å². The van der Waals surface area contributed by atoms with E-state index in [-0.39, 0.29) is 36.7 Å². The van der Waals surface area contributed by atoms with Crippen molar-refractivity contribution >= 4 is 17.7 Å². The van der Waals surface area contributed by atoms with Gasteiger partial charge in [-0.1, -0.05) is 0 Å². The highest BCUT2D eigenvalue weighted by Gasteiger charge is 2.31. The molecule has 136 valence electrons. The molecule has 3 rings (SSSR count). The molecular weight excluding hydrogens is 324 g/mol. The zero-order valence-corrected chi connectivity index (χ0v) is 14.2. The molecule has 1 N–H and O–H groups in total. The van der Waals surface area contributed by atoms with Crippen LogP contribution < -0.4 is 5.32 Å². The SMILES string of the molecule is O=C1CN(C(=O)C[C@H]2COCCN2C(=O)CCn2cccc2)CCN1. The Morgan fingerprint density at radius 1 is 1.20 bits per heavy atom. The highest BCUT2D eigenvalue weighted by atomic mass is 16.5. The molecule has 2 aliphatic rings. The first-order valence-electron chi connectivity index (χ1n) is 8.66. The van der Waals surface area contributed by atoms with Gasteiger partial charge in [0.1, 0.15) is 0 Å². The number of piperazine rings is 1. The van der Waals surface area contributed by atoms with Crippen LogP contribution in [0.2, 0.25) is 0 Å². The van der Waals surface area contributed by atoms with Crippen molar-refractivity contribution in [3.63, 3.8) is 0 Å². The Bertz CT molecular complexity index is 616. The lowest BCUT2D eigenvalue weighted by molar-refractivity contribution is -0.146. The van der Waals surface area contributed by atoms with Crippen LogP contribution in [0.3, 0.4) is 0 Å². The van der Waals surface area contributed by atoms with E-state index in [0.717, 1.165) is 0 Å². The summed E-state index contributed by atoms with van der Waals surface area (Å²) in [5, 5.41) is 2.70. The van der Waals surface area contributed by atoms with Gasteiger partial charge in [-0.3, -0.25) is 14.4 Å². The Morgan fingerprint density at radius 3 is 2.76 bits per heavy atom. The van der Waals surface area contributed by atoms with E-state index in [2.05, 4.69) is 5.32 Å². The number of aryl methyl sites for hydroxylation is 1. The van der Waals surface area contributed by atoms with Crippen LogP contribution >= 0.6 is 0 Å². The lowest BCUT2D eigenvalue weighted by Gasteiger charge is -2.37. The summed E-state index contributed by atoms with van der Waals surface area (Å²) in [5.74, 6) is -0.209. The van der Waals surface area contributed by atoms with Gasteiger partial charge in [-0.05, 0) is 12.1 Å². The van der Waals surface area contributed by atoms with Crippen LogP contribution in [0.4, 0.5) is 0 Å². The van der Waals surface area contributed by atoms with Crippen LogP contribution in [-0.4, -0.2) is 77.5 Å². The Hall–Kier alpha value is -2.35. The van der Waals surface area contributed by atoms with E-state index in [0.29, 0.717) is 45.8 Å². The van der Waals surface area contributed by atoms with Crippen molar-refractivity contribution in [1.29, 1.82) is 0 Å². The second kappa shape index (κ2) is 8.15. The van der Waals surface area contributed by atoms with E-state index >= 15 is 0 Å². The summed E-state index contributed by atoms with van der Waals surface area (Å²) < 4.78 is 7.44. The Morgan fingerprint density at radius 2 is 2.00 bits per heavy atom. The van der Waals surface area contributed by atoms with Gasteiger partial charge < -0.3 is 24.4 Å². The second-order valence-electron chi connectivity index (χ2n) is 6.36. The van der Waals surface area contributed by atoms with Gasteiger partial charge in [0.05, 0.1) is 25.8 Å². The molecule has 2 fully saturated rings. The summed E-state index contributed by atoms with van der Waals surface area (Å²) in [6.45, 7) is 3.06. The molecule has 8 heteroatoms. The summed E-state index contributed by atoms with van der Waals surface area (Å²) in [5.41, 5.74) is 0. The average molecular weight is 348 g/mol. The number of hydrogen-bond donors (Lipinski definition) is 1. The predicted molar refractivity (Wildman–Crippen MR) is 89.6 cm³/mol. The van der Waals surface area contributed by atoms with Gasteiger partial charge in [-0.25, -0.2) is 0 Å². The molecule has 1 aromatic rings. The number of morpholine rings is 1. The van der Waals surface area contributed by atoms with E-state index in [1.807, 2.05) is 29.1 Å². The fourth-order valence-electron chi connectivity index (χ4n) is 3.22. The maximum absolute atomic E-state index is 12.6. The summed E-state index contributed by atoms with van der Waals surface area (Å²) in [6, 6.07) is 3.59. The Kier molecular flexibility index (Phi) is 5.70. The smallest absolute Gasteiger partial charge is 0.239 e. The van der Waals surface area contributed by atoms with E-state index in [4.69, 9.17) is 4.74 Å². The monoisotopic (exact) mass is 348 g/mol. The third kappa shape index (κ3) is 4.60. The molecule has 2 saturated heterocycles. The Labute approximate surface area is 146 Å². The molecule has 0 bridgehead atoms. The molecule has 8 nitrogen and oxygen atoms in total. The molecular formula is C17H24N4O4. The highest BCUT2D eigenvalue weighted by Crippen LogP contribution is 2.14. The number of nitrogens with one attached hydrogen (secondary N) is 1. The largest absolute Gasteiger partial charge is 0.377 e. The van der Waals surface area contributed by atoms with Crippen LogP contribution in [0.1, 0.15) is 12.8 Å². The van der Waals surface area contributed by atoms with Crippen LogP contribution in [0.25, 0.3) is 0 Å². The number of rotatable bonds is 5. The molecule has 0 unspecified atom stereocenters. The Balaban J connectivity index is 1.55. The van der Waals surface area contributed by atoms with Crippen molar-refractivity contribution in [2.24, 2.45) is 0 Å². The molecule has 1 aromatic heterocycles. The zero-order chi connectivity index (χ0) is 17.6. The minimum atomic E-state index is -0.261. The van der Waals surface area contributed by atoms with E-state index in [1.54, 1.807) is 9.80 Å². The van der Waals surface area contributed by atoms with Gasteiger partial charge in [0.2, 0.25) is 17.7 Å². The lowest BCUT2D eigenvalue weighted by atomic mass is 10.1. The minimum Gasteiger partial charge on any atom is -0.377 e. The summed E-state index contributed by atoms with van der Waals surface area (Å²) in [7, 11) is 0. The normalized spacial score (nSPS) is 21.1. The number of amides is 3. The maximum atomic E-state index is 12.6. The minimum absolute atomic E-state index is 0.0335. The maximum Gasteiger partial charge on any atom is 0.239 e. The van der Waals surface area contributed by atoms with Gasteiger partial charge in [-0.2, -0.15) is 0 Å². The summed E-state index contributed by atoms with van der Waals surface area (Å²) in [4.78, 5) is 39.8. The van der Waals surface area contributed by atoms with Crippen molar-refractivity contribution in [2.45, 2.75) is 25.4 Å². The number of carbonyl (C=O) groups excluding carboxylic acids is 3. The van der Waals surface area contributed by atoms with Gasteiger partial charge in [0, 0.05) is 51.4 Å². The molecule has 0 radical (unpaired) electrons. The van der Waals surface area contributed by atoms with E-state index < -0.39 is 0 Å². The molecule has 0 aliphatic carbocycles. The second-order valence-corrected chi connectivity index (χ2v) is 6.36. The summed E-state index contributed by atoms with van der Waals surface area (Å²) in [6.07, 6.45) is 4.44. The molecule has 25 heavy (non-hydrogen) atoms. The number of nitrogens with zero attached hydrogens (tertiary/aromatic N) is 3. The first kappa shape index (κ1) is 17.5. The van der Waals surface area contributed by atoms with Crippen molar-refractivity contribution in [2.75, 3.05) is 39.4 Å². The topological polar surface area (TPSA) is 83.9 Å². The van der Waals surface area contributed by atoms with Gasteiger partial charge in [-0.15, -0.1) is 0 Å². The lowest BCUT2D eigenvalue weighted by Crippen LogP contribution is -2.54. The summed E-state index contributed by atoms with van der Waals surface area (Å²) >= 11 is 0. The molecule has 1 atom stereocenters. The van der Waals surface area contributed by atoms with Gasteiger partial charge in [0.25, 0.3) is 0 Å². The number of hydrogen-bond acceptors (Lipinski definition) is 4. The van der Waals surface area contributed by atoms with Crippen LogP contribution in [0, 0.1) is 0 Å². The number of carbonyl (C=O) groups is 3. The zero-order valence-electron chi connectivity index (χ0n) is 14.2. The first-order chi connectivity index (χ1) is 12.1. The van der Waals surface area contributed by atoms with E-state index in [1.165, 1.54) is 0 Å². The van der Waals surface area contributed by atoms with Crippen molar-refractivity contribution in [3.05, 3.63) is 24.5 Å². The van der Waals surface area contributed by atoms with Crippen molar-refractivity contribution in [3.8, 4) is 0 Å². The number of aromatic nitrogens is 1. The third-order valence-corrected chi connectivity index (χ3v) is 4.60. The fourth-order valence-corrected chi connectivity index (χ4v) is 3.22. The van der Waals surface area contributed by atoms with E-state index in [9.17, 15) is 14.4 Å². The van der Waals surface area contributed by atoms with Crippen LogP contribution in [0.5, 0.6) is 0 Å². The molecule has 2 aliphatic heterocycles. The van der Waals surface area contributed by atoms with Gasteiger partial charge >= 0.3 is 0 Å². The molecule has 0 aromatic carbocycles. The molecule has 0 saturated carbocycles. The molecule has 0 spiro atoms. The third-order valence-electron chi connectivity index (χ3n) is 4.60. The predicted octanol–water partition coefficient (Wildman–Crippen LogP) is -0.546. The van der Waals surface area contributed by atoms with Crippen LogP contribution in [0.15, 0.2) is 24.5 Å². The number of ether oxygens (including phenoxy) is 1. The quantitative estimate of drug-likeness (QED) is 0.774. The standard InChI is InChI=1S/C17H24N4O4/c22-15-12-20(8-4-18-15)17(24)11-14-13-25-10-9-21(14)16(23)3-7-19-5-1-2-6-19/h1-2,5-6,14H,3-4,7-13H2,(H,18,22)/t14-/m0/s1. The fraction of sp³-hybridized carbons (Fsp3) is 0.588. The molecule has 3 heterocycles. The first-order valence-corrected chi connectivity index (χ1v) is 8.66. The molecule has 3 amide bonds. The highest BCUT2D eigenvalue weighted by molar-refractivity contribution is 5.86. The average Bonchev–Trinajstić information content (AvgIpc) is 3.13. The van der Waals surface area contributed by atoms with Crippen molar-refractivity contribution in [1.82, 2.24) is 19.7 Å². The van der Waals surface area contributed by atoms with Crippen LogP contribution in [-0.2, 0) is 25.7 Å². The van der Waals surface area contributed by atoms with Gasteiger partial charge in [0.15, 0.2) is 0 Å².